The first-order valence-corrected chi connectivity index (χ1v) is 6.70. The molecular weight excluding hydrogens is 294 g/mol. The van der Waals surface area contributed by atoms with E-state index in [1.165, 1.54) is 12.1 Å². The van der Waals surface area contributed by atoms with Gasteiger partial charge in [0.2, 0.25) is 0 Å². The van der Waals surface area contributed by atoms with Gasteiger partial charge in [-0.2, -0.15) is 5.26 Å². The number of carboxylic acid groups (broad SMARTS) is 1. The Bertz CT molecular complexity index is 581. The molecule has 2 amide bonds. The van der Waals surface area contributed by atoms with E-state index in [9.17, 15) is 9.59 Å². The van der Waals surface area contributed by atoms with Crippen LogP contribution < -0.4 is 10.6 Å². The summed E-state index contributed by atoms with van der Waals surface area (Å²) >= 11 is 5.81. The van der Waals surface area contributed by atoms with Gasteiger partial charge in [0.05, 0.1) is 17.2 Å². The molecule has 6 nitrogen and oxygen atoms in total. The Labute approximate surface area is 127 Å². The maximum atomic E-state index is 11.8. The lowest BCUT2D eigenvalue weighted by atomic mass is 9.96. The van der Waals surface area contributed by atoms with Gasteiger partial charge in [0.15, 0.2) is 0 Å². The second-order valence-electron chi connectivity index (χ2n) is 4.83. The molecule has 0 spiro atoms. The number of benzene rings is 1. The number of hydrogen-bond donors (Lipinski definition) is 3. The molecule has 0 aromatic heterocycles. The topological polar surface area (TPSA) is 102 Å². The Morgan fingerprint density at radius 3 is 2.62 bits per heavy atom. The fourth-order valence-electron chi connectivity index (χ4n) is 1.69. The highest BCUT2D eigenvalue weighted by atomic mass is 35.5. The fraction of sp³-hybridized carbons (Fsp3) is 0.357. The van der Waals surface area contributed by atoms with Crippen molar-refractivity contribution in [2.45, 2.75) is 13.8 Å². The van der Waals surface area contributed by atoms with Crippen LogP contribution in [0.4, 0.5) is 10.5 Å². The van der Waals surface area contributed by atoms with Crippen molar-refractivity contribution in [2.24, 2.45) is 11.8 Å². The summed E-state index contributed by atoms with van der Waals surface area (Å²) in [6, 6.07) is 5.84. The summed E-state index contributed by atoms with van der Waals surface area (Å²) in [6.45, 7) is 3.54. The number of urea groups is 1. The molecule has 3 N–H and O–H groups in total. The molecule has 1 rings (SSSR count). The van der Waals surface area contributed by atoms with E-state index in [-0.39, 0.29) is 23.7 Å². The van der Waals surface area contributed by atoms with Crippen LogP contribution in [0.2, 0.25) is 5.02 Å². The van der Waals surface area contributed by atoms with Crippen molar-refractivity contribution < 1.29 is 14.7 Å². The number of carbonyl (C=O) groups is 2. The molecule has 1 unspecified atom stereocenters. The molecule has 0 aliphatic heterocycles. The maximum Gasteiger partial charge on any atom is 0.319 e. The second kappa shape index (κ2) is 7.50. The predicted molar refractivity (Wildman–Crippen MR) is 79.2 cm³/mol. The van der Waals surface area contributed by atoms with Crippen LogP contribution >= 0.6 is 11.6 Å². The highest BCUT2D eigenvalue weighted by Gasteiger charge is 2.22. The van der Waals surface area contributed by atoms with E-state index in [2.05, 4.69) is 10.6 Å². The number of hydrogen-bond acceptors (Lipinski definition) is 3. The third-order valence-electron chi connectivity index (χ3n) is 2.95. The molecule has 1 aromatic carbocycles. The molecule has 112 valence electrons. The number of nitrogens with zero attached hydrogens (tertiary/aromatic N) is 1. The summed E-state index contributed by atoms with van der Waals surface area (Å²) in [5.41, 5.74) is 0.548. The van der Waals surface area contributed by atoms with Crippen molar-refractivity contribution in [1.82, 2.24) is 5.32 Å². The second-order valence-corrected chi connectivity index (χ2v) is 5.26. The van der Waals surface area contributed by atoms with Crippen molar-refractivity contribution in [3.05, 3.63) is 28.8 Å². The molecule has 1 atom stereocenters. The van der Waals surface area contributed by atoms with Gasteiger partial charge in [-0.1, -0.05) is 25.4 Å². The van der Waals surface area contributed by atoms with Gasteiger partial charge in [-0.15, -0.1) is 0 Å². The number of halogens is 1. The minimum atomic E-state index is -0.967. The van der Waals surface area contributed by atoms with Crippen LogP contribution in [-0.4, -0.2) is 23.7 Å². The molecular formula is C14H16ClN3O3. The van der Waals surface area contributed by atoms with Crippen molar-refractivity contribution in [1.29, 1.82) is 5.26 Å². The lowest BCUT2D eigenvalue weighted by Gasteiger charge is -2.17. The van der Waals surface area contributed by atoms with Crippen molar-refractivity contribution >= 4 is 29.3 Å². The normalized spacial score (nSPS) is 11.6. The number of carbonyl (C=O) groups excluding carboxylic acids is 1. The van der Waals surface area contributed by atoms with Gasteiger partial charge in [0, 0.05) is 11.6 Å². The summed E-state index contributed by atoms with van der Waals surface area (Å²) < 4.78 is 0. The highest BCUT2D eigenvalue weighted by Crippen LogP contribution is 2.20. The highest BCUT2D eigenvalue weighted by molar-refractivity contribution is 6.31. The van der Waals surface area contributed by atoms with Crippen molar-refractivity contribution in [2.75, 3.05) is 11.9 Å². The largest absolute Gasteiger partial charge is 0.481 e. The smallest absolute Gasteiger partial charge is 0.319 e. The molecule has 0 fully saturated rings. The monoisotopic (exact) mass is 309 g/mol. The van der Waals surface area contributed by atoms with Gasteiger partial charge in [-0.25, -0.2) is 4.79 Å². The van der Waals surface area contributed by atoms with E-state index in [0.717, 1.165) is 0 Å². The molecule has 21 heavy (non-hydrogen) atoms. The standard InChI is InChI=1S/C14H16ClN3O3/c1-8(2)11(13(19)20)7-17-14(21)18-12-5-10(15)4-3-9(12)6-16/h3-5,8,11H,7H2,1-2H3,(H,19,20)(H2,17,18,21). The van der Waals surface area contributed by atoms with Crippen LogP contribution in [0.25, 0.3) is 0 Å². The van der Waals surface area contributed by atoms with E-state index in [1.807, 2.05) is 6.07 Å². The van der Waals surface area contributed by atoms with E-state index in [4.69, 9.17) is 22.0 Å². The Morgan fingerprint density at radius 2 is 2.10 bits per heavy atom. The minimum absolute atomic E-state index is 0.00128. The SMILES string of the molecule is CC(C)C(CNC(=O)Nc1cc(Cl)ccc1C#N)C(=O)O. The molecule has 0 aliphatic rings. The average Bonchev–Trinajstić information content (AvgIpc) is 2.38. The molecule has 1 aromatic rings. The van der Waals surface area contributed by atoms with Crippen molar-refractivity contribution in [3.8, 4) is 6.07 Å². The molecule has 0 aliphatic carbocycles. The van der Waals surface area contributed by atoms with Crippen LogP contribution in [0, 0.1) is 23.2 Å². The fourth-order valence-corrected chi connectivity index (χ4v) is 1.87. The van der Waals surface area contributed by atoms with E-state index in [1.54, 1.807) is 19.9 Å². The first-order valence-electron chi connectivity index (χ1n) is 6.32. The Hall–Kier alpha value is -2.26. The van der Waals surface area contributed by atoms with E-state index < -0.39 is 17.9 Å². The third-order valence-corrected chi connectivity index (χ3v) is 3.19. The zero-order valence-corrected chi connectivity index (χ0v) is 12.4. The zero-order chi connectivity index (χ0) is 16.0. The Balaban J connectivity index is 2.68. The number of aliphatic carboxylic acids is 1. The van der Waals surface area contributed by atoms with Gasteiger partial charge >= 0.3 is 12.0 Å². The summed E-state index contributed by atoms with van der Waals surface area (Å²) in [5, 5.41) is 23.3. The van der Waals surface area contributed by atoms with Crippen LogP contribution in [-0.2, 0) is 4.79 Å². The average molecular weight is 310 g/mol. The Kier molecular flexibility index (Phi) is 6.00. The number of nitrogens with one attached hydrogen (secondary N) is 2. The third kappa shape index (κ3) is 4.97. The first kappa shape index (κ1) is 16.8. The summed E-state index contributed by atoms with van der Waals surface area (Å²) in [5.74, 6) is -1.75. The molecule has 0 radical (unpaired) electrons. The number of rotatable bonds is 5. The summed E-state index contributed by atoms with van der Waals surface area (Å²) in [4.78, 5) is 22.8. The first-order chi connectivity index (χ1) is 9.85. The van der Waals surface area contributed by atoms with Crippen LogP contribution in [0.15, 0.2) is 18.2 Å². The lowest BCUT2D eigenvalue weighted by molar-refractivity contribution is -0.142. The number of amides is 2. The molecule has 0 bridgehead atoms. The van der Waals surface area contributed by atoms with Gasteiger partial charge in [-0.3, -0.25) is 4.79 Å². The molecule has 0 heterocycles. The van der Waals surface area contributed by atoms with Gasteiger partial charge in [-0.05, 0) is 24.1 Å². The molecule has 7 heteroatoms. The molecule has 0 saturated carbocycles. The van der Waals surface area contributed by atoms with Crippen LogP contribution in [0.1, 0.15) is 19.4 Å². The van der Waals surface area contributed by atoms with E-state index in [0.29, 0.717) is 5.02 Å². The van der Waals surface area contributed by atoms with Crippen molar-refractivity contribution in [3.63, 3.8) is 0 Å². The van der Waals surface area contributed by atoms with Gasteiger partial charge < -0.3 is 15.7 Å². The Morgan fingerprint density at radius 1 is 1.43 bits per heavy atom. The minimum Gasteiger partial charge on any atom is -0.481 e. The van der Waals surface area contributed by atoms with Gasteiger partial charge in [0.25, 0.3) is 0 Å². The quantitative estimate of drug-likeness (QED) is 0.778. The number of carboxylic acids is 1. The lowest BCUT2D eigenvalue weighted by Crippen LogP contribution is -2.37. The van der Waals surface area contributed by atoms with E-state index >= 15 is 0 Å². The summed E-state index contributed by atoms with van der Waals surface area (Å²) in [7, 11) is 0. The maximum absolute atomic E-state index is 11.8. The van der Waals surface area contributed by atoms with Crippen LogP contribution in [0.5, 0.6) is 0 Å². The van der Waals surface area contributed by atoms with Crippen LogP contribution in [0.3, 0.4) is 0 Å². The number of anilines is 1. The van der Waals surface area contributed by atoms with Gasteiger partial charge in [0.1, 0.15) is 6.07 Å². The summed E-state index contributed by atoms with van der Waals surface area (Å²) in [6.07, 6.45) is 0. The zero-order valence-electron chi connectivity index (χ0n) is 11.7. The number of nitriles is 1. The molecule has 0 saturated heterocycles. The predicted octanol–water partition coefficient (Wildman–Crippen LogP) is 2.69.